The Balaban J connectivity index is 1.71. The lowest BCUT2D eigenvalue weighted by atomic mass is 10.0. The van der Waals surface area contributed by atoms with Crippen molar-refractivity contribution in [3.63, 3.8) is 0 Å². The van der Waals surface area contributed by atoms with E-state index < -0.39 is 14.7 Å². The molecule has 0 amide bonds. The minimum Gasteiger partial charge on any atom is -0.388 e. The molecular weight excluding hydrogens is 437 g/mol. The monoisotopic (exact) mass is 491 g/mol. The fraction of sp³-hybridized carbons (Fsp3) is 1.00. The molecule has 1 rings (SSSR count). The Bertz CT molecular complexity index is 401. The fourth-order valence-corrected chi connectivity index (χ4v) is 4.67. The first-order valence-corrected chi connectivity index (χ1v) is 15.1. The molecule has 2 unspecified atom stereocenters. The summed E-state index contributed by atoms with van der Waals surface area (Å²) in [5.74, 6) is 0. The first kappa shape index (κ1) is 31.2. The molecular formula is C26H54NO5P. The van der Waals surface area contributed by atoms with Gasteiger partial charge in [-0.25, -0.2) is 0 Å². The molecule has 0 saturated carbocycles. The van der Waals surface area contributed by atoms with Gasteiger partial charge in [0.05, 0.1) is 19.8 Å². The molecule has 0 bridgehead atoms. The molecule has 1 aliphatic rings. The molecule has 0 aromatic rings. The van der Waals surface area contributed by atoms with Crippen LogP contribution in [0.3, 0.4) is 0 Å². The third-order valence-electron chi connectivity index (χ3n) is 6.39. The first-order valence-electron chi connectivity index (χ1n) is 14.0. The molecule has 33 heavy (non-hydrogen) atoms. The predicted octanol–water partition coefficient (Wildman–Crippen LogP) is 6.58. The quantitative estimate of drug-likeness (QED) is 0.105. The van der Waals surface area contributed by atoms with Crippen LogP contribution in [0.2, 0.25) is 0 Å². The van der Waals surface area contributed by atoms with E-state index >= 15 is 0 Å². The van der Waals surface area contributed by atoms with Crippen molar-refractivity contribution in [1.29, 1.82) is 0 Å². The summed E-state index contributed by atoms with van der Waals surface area (Å²) >= 11 is 0. The fourth-order valence-electron chi connectivity index (χ4n) is 4.06. The summed E-state index contributed by atoms with van der Waals surface area (Å²) in [5, 5.41) is 9.88. The summed E-state index contributed by atoms with van der Waals surface area (Å²) in [6, 6.07) is 0. The average molecular weight is 492 g/mol. The topological polar surface area (TPSA) is 71.4 Å². The van der Waals surface area contributed by atoms with Crippen LogP contribution in [-0.2, 0) is 13.8 Å². The van der Waals surface area contributed by atoms with Crippen LogP contribution in [0.1, 0.15) is 116 Å². The lowest BCUT2D eigenvalue weighted by Crippen LogP contribution is -2.39. The molecule has 0 spiro atoms. The van der Waals surface area contributed by atoms with E-state index in [1.165, 1.54) is 103 Å². The van der Waals surface area contributed by atoms with Gasteiger partial charge in [-0.05, 0) is 25.9 Å². The third-order valence-corrected chi connectivity index (χ3v) is 7.16. The van der Waals surface area contributed by atoms with Crippen molar-refractivity contribution in [2.45, 2.75) is 122 Å². The third kappa shape index (κ3) is 21.2. The molecule has 0 radical (unpaired) electrons. The number of rotatable bonds is 26. The smallest absolute Gasteiger partial charge is 0.329 e. The van der Waals surface area contributed by atoms with Crippen molar-refractivity contribution in [3.05, 3.63) is 0 Å². The predicted molar refractivity (Wildman–Crippen MR) is 138 cm³/mol. The van der Waals surface area contributed by atoms with Gasteiger partial charge < -0.3 is 28.7 Å². The number of ether oxygens (including phenoxy) is 1. The molecule has 198 valence electrons. The zero-order chi connectivity index (χ0) is 23.8. The van der Waals surface area contributed by atoms with Gasteiger partial charge in [0.1, 0.15) is 6.10 Å². The number of nitrogens with zero attached hydrogens (tertiary/aromatic N) is 1. The van der Waals surface area contributed by atoms with E-state index in [1.807, 2.05) is 0 Å². The summed E-state index contributed by atoms with van der Waals surface area (Å²) in [5.41, 5.74) is 0. The molecule has 1 heterocycles. The summed E-state index contributed by atoms with van der Waals surface area (Å²) < 4.78 is 15.9. The maximum Gasteiger partial charge on any atom is 0.329 e. The van der Waals surface area contributed by atoms with Gasteiger partial charge in [0, 0.05) is 13.2 Å². The molecule has 6 nitrogen and oxygen atoms in total. The molecule has 0 aliphatic carbocycles. The zero-order valence-electron chi connectivity index (χ0n) is 21.6. The van der Waals surface area contributed by atoms with Gasteiger partial charge >= 0.3 is 8.60 Å². The van der Waals surface area contributed by atoms with Gasteiger partial charge in [-0.3, -0.25) is 0 Å². The summed E-state index contributed by atoms with van der Waals surface area (Å²) in [4.78, 5) is 11.9. The van der Waals surface area contributed by atoms with Crippen LogP contribution in [0.25, 0.3) is 0 Å². The van der Waals surface area contributed by atoms with Gasteiger partial charge in [-0.15, -0.1) is 0 Å². The Hall–Kier alpha value is 0.190. The Morgan fingerprint density at radius 3 is 1.70 bits per heavy atom. The molecule has 7 heteroatoms. The highest BCUT2D eigenvalue weighted by Crippen LogP contribution is 2.32. The van der Waals surface area contributed by atoms with E-state index in [-0.39, 0.29) is 13.2 Å². The zero-order valence-corrected chi connectivity index (χ0v) is 22.5. The lowest BCUT2D eigenvalue weighted by molar-refractivity contribution is 0.00651. The Morgan fingerprint density at radius 1 is 0.697 bits per heavy atom. The second kappa shape index (κ2) is 23.9. The molecule has 1 aliphatic heterocycles. The van der Waals surface area contributed by atoms with Crippen LogP contribution in [-0.4, -0.2) is 67.1 Å². The van der Waals surface area contributed by atoms with Gasteiger partial charge in [0.2, 0.25) is 0 Å². The summed E-state index contributed by atoms with van der Waals surface area (Å²) in [6.07, 6.45) is 22.3. The molecule has 2 N–H and O–H groups in total. The van der Waals surface area contributed by atoms with Crippen LogP contribution in [0.4, 0.5) is 0 Å². The Morgan fingerprint density at radius 2 is 1.21 bits per heavy atom. The van der Waals surface area contributed by atoms with Crippen molar-refractivity contribution in [2.24, 2.45) is 0 Å². The van der Waals surface area contributed by atoms with Gasteiger partial charge in [-0.1, -0.05) is 103 Å². The van der Waals surface area contributed by atoms with E-state index in [0.717, 1.165) is 26.1 Å². The van der Waals surface area contributed by atoms with Crippen molar-refractivity contribution in [3.8, 4) is 0 Å². The van der Waals surface area contributed by atoms with Crippen LogP contribution < -0.4 is 0 Å². The number of likely N-dealkylation sites (tertiary alicyclic amines) is 1. The molecule has 1 fully saturated rings. The minimum absolute atomic E-state index is 0.0465. The molecule has 1 saturated heterocycles. The molecule has 0 aromatic heterocycles. The maximum atomic E-state index is 9.88. The van der Waals surface area contributed by atoms with Crippen LogP contribution in [0.15, 0.2) is 0 Å². The van der Waals surface area contributed by atoms with Crippen molar-refractivity contribution in [2.75, 3.05) is 46.1 Å². The largest absolute Gasteiger partial charge is 0.388 e. The van der Waals surface area contributed by atoms with Crippen LogP contribution in [0.5, 0.6) is 0 Å². The van der Waals surface area contributed by atoms with E-state index in [1.54, 1.807) is 0 Å². The lowest BCUT2D eigenvalue weighted by Gasteiger charge is -2.30. The second-order valence-electron chi connectivity index (χ2n) is 9.59. The number of aliphatic hydroxyl groups excluding tert-OH is 1. The van der Waals surface area contributed by atoms with Crippen LogP contribution >= 0.6 is 8.60 Å². The maximum absolute atomic E-state index is 9.88. The summed E-state index contributed by atoms with van der Waals surface area (Å²) in [6.45, 7) is 6.77. The van der Waals surface area contributed by atoms with E-state index in [9.17, 15) is 10.00 Å². The highest BCUT2D eigenvalue weighted by molar-refractivity contribution is 7.40. The SMILES string of the molecule is CCCCCCCCCCCCCCCCCCOCC(O)COP(O)OCCN1CCC1. The van der Waals surface area contributed by atoms with Crippen molar-refractivity contribution >= 4 is 8.60 Å². The summed E-state index contributed by atoms with van der Waals surface area (Å²) in [7, 11) is -1.91. The number of hydrogen-bond acceptors (Lipinski definition) is 6. The van der Waals surface area contributed by atoms with Gasteiger partial charge in [0.15, 0.2) is 0 Å². The Labute approximate surface area is 205 Å². The second-order valence-corrected chi connectivity index (χ2v) is 10.6. The first-order chi connectivity index (χ1) is 16.2. The molecule has 2 atom stereocenters. The van der Waals surface area contributed by atoms with E-state index in [0.29, 0.717) is 13.2 Å². The average Bonchev–Trinajstić information content (AvgIpc) is 2.78. The van der Waals surface area contributed by atoms with Gasteiger partial charge in [-0.2, -0.15) is 0 Å². The normalized spacial score (nSPS) is 16.1. The van der Waals surface area contributed by atoms with Crippen LogP contribution in [0, 0.1) is 0 Å². The highest BCUT2D eigenvalue weighted by Gasteiger charge is 2.15. The standard InChI is InChI=1S/C26H54NO5P/c1-2-3-4-5-6-7-8-9-10-11-12-13-14-15-16-17-22-30-24-26(28)25-32-33(29)31-23-21-27-19-18-20-27/h26,28-29H,2-25H2,1H3. The Kier molecular flexibility index (Phi) is 22.6. The van der Waals surface area contributed by atoms with E-state index in [2.05, 4.69) is 11.8 Å². The number of unbranched alkanes of at least 4 members (excludes halogenated alkanes) is 15. The number of hydrogen-bond donors (Lipinski definition) is 2. The highest BCUT2D eigenvalue weighted by atomic mass is 31.2. The molecule has 0 aromatic carbocycles. The van der Waals surface area contributed by atoms with Gasteiger partial charge in [0.25, 0.3) is 0 Å². The minimum atomic E-state index is -1.91. The van der Waals surface area contributed by atoms with E-state index in [4.69, 9.17) is 13.8 Å². The van der Waals surface area contributed by atoms with Crippen molar-refractivity contribution < 1.29 is 23.8 Å². The number of aliphatic hydroxyl groups is 1. The van der Waals surface area contributed by atoms with Crippen molar-refractivity contribution in [1.82, 2.24) is 4.90 Å².